The minimum absolute atomic E-state index is 0.154. The second-order valence-corrected chi connectivity index (χ2v) is 8.14. The number of aromatic nitrogens is 1. The summed E-state index contributed by atoms with van der Waals surface area (Å²) in [7, 11) is -2.92. The molecule has 0 unspecified atom stereocenters. The van der Waals surface area contributed by atoms with Crippen LogP contribution in [0.4, 0.5) is 5.13 Å². The average Bonchev–Trinajstić information content (AvgIpc) is 2.96. The van der Waals surface area contributed by atoms with Gasteiger partial charge in [-0.2, -0.15) is 0 Å². The summed E-state index contributed by atoms with van der Waals surface area (Å²) in [5.74, 6) is 0.656. The second kappa shape index (κ2) is 7.08. The molecule has 0 radical (unpaired) electrons. The Morgan fingerprint density at radius 3 is 2.71 bits per heavy atom. The molecule has 2 heterocycles. The molecule has 2 N–H and O–H groups in total. The fourth-order valence-electron chi connectivity index (χ4n) is 2.12. The molecule has 0 saturated carbocycles. The molecule has 1 aromatic heterocycles. The molecule has 0 spiro atoms. The number of hydrogen-bond acceptors (Lipinski definition) is 6. The topological polar surface area (TPSA) is 91.9 Å². The molecule has 1 aromatic rings. The molecule has 0 atom stereocenters. The standard InChI is InChI=1S/C12H21N5O2S2/c1-21(18,19)10-2-3-14-11(13)16-5-7-17(8-6-16)12-15-4-9-20-12/h4,9H,2-3,5-8,10H2,1H3,(H2,13,14). The van der Waals surface area contributed by atoms with Gasteiger partial charge < -0.3 is 15.5 Å². The van der Waals surface area contributed by atoms with Gasteiger partial charge in [-0.1, -0.05) is 0 Å². The van der Waals surface area contributed by atoms with Crippen molar-refractivity contribution in [1.82, 2.24) is 9.88 Å². The number of nitrogens with zero attached hydrogens (tertiary/aromatic N) is 4. The molecule has 0 amide bonds. The quantitative estimate of drug-likeness (QED) is 0.464. The van der Waals surface area contributed by atoms with Gasteiger partial charge >= 0.3 is 0 Å². The summed E-state index contributed by atoms with van der Waals surface area (Å²) in [6, 6.07) is 0. The van der Waals surface area contributed by atoms with Crippen LogP contribution in [-0.4, -0.2) is 69.0 Å². The Kier molecular flexibility index (Phi) is 5.40. The largest absolute Gasteiger partial charge is 0.370 e. The van der Waals surface area contributed by atoms with E-state index in [1.54, 1.807) is 11.3 Å². The van der Waals surface area contributed by atoms with E-state index >= 15 is 0 Å². The lowest BCUT2D eigenvalue weighted by Crippen LogP contribution is -2.51. The molecule has 0 aliphatic carbocycles. The number of nitrogens with two attached hydrogens (primary N) is 1. The third-order valence-electron chi connectivity index (χ3n) is 3.24. The van der Waals surface area contributed by atoms with Crippen molar-refractivity contribution in [1.29, 1.82) is 0 Å². The predicted molar refractivity (Wildman–Crippen MR) is 86.7 cm³/mol. The van der Waals surface area contributed by atoms with Crippen molar-refractivity contribution in [3.63, 3.8) is 0 Å². The fourth-order valence-corrected chi connectivity index (χ4v) is 3.47. The van der Waals surface area contributed by atoms with E-state index in [-0.39, 0.29) is 5.75 Å². The summed E-state index contributed by atoms with van der Waals surface area (Å²) in [5, 5.41) is 3.01. The molecule has 1 saturated heterocycles. The number of guanidine groups is 1. The van der Waals surface area contributed by atoms with Crippen LogP contribution < -0.4 is 10.6 Å². The van der Waals surface area contributed by atoms with E-state index in [9.17, 15) is 8.42 Å². The van der Waals surface area contributed by atoms with E-state index in [0.717, 1.165) is 31.3 Å². The van der Waals surface area contributed by atoms with E-state index in [2.05, 4.69) is 14.9 Å². The summed E-state index contributed by atoms with van der Waals surface area (Å²) < 4.78 is 22.1. The Labute approximate surface area is 129 Å². The molecule has 7 nitrogen and oxygen atoms in total. The minimum atomic E-state index is -2.92. The average molecular weight is 331 g/mol. The van der Waals surface area contributed by atoms with Crippen LogP contribution >= 0.6 is 11.3 Å². The molecule has 1 fully saturated rings. The van der Waals surface area contributed by atoms with E-state index in [0.29, 0.717) is 18.9 Å². The van der Waals surface area contributed by atoms with Crippen molar-refractivity contribution in [2.24, 2.45) is 10.7 Å². The van der Waals surface area contributed by atoms with Gasteiger partial charge in [0.2, 0.25) is 0 Å². The van der Waals surface area contributed by atoms with Crippen LogP contribution in [-0.2, 0) is 9.84 Å². The summed E-state index contributed by atoms with van der Waals surface area (Å²) in [4.78, 5) is 12.8. The zero-order valence-electron chi connectivity index (χ0n) is 12.1. The van der Waals surface area contributed by atoms with Gasteiger partial charge in [0.05, 0.1) is 5.75 Å². The first-order valence-electron chi connectivity index (χ1n) is 6.83. The maximum absolute atomic E-state index is 11.0. The number of thiazole rings is 1. The van der Waals surface area contributed by atoms with Crippen LogP contribution in [0, 0.1) is 0 Å². The van der Waals surface area contributed by atoms with Gasteiger partial charge in [-0.25, -0.2) is 13.4 Å². The summed E-state index contributed by atoms with van der Waals surface area (Å²) >= 11 is 1.64. The first kappa shape index (κ1) is 16.0. The van der Waals surface area contributed by atoms with Crippen molar-refractivity contribution in [3.8, 4) is 0 Å². The molecule has 0 aromatic carbocycles. The van der Waals surface area contributed by atoms with Gasteiger partial charge in [0, 0.05) is 50.6 Å². The van der Waals surface area contributed by atoms with Crippen molar-refractivity contribution < 1.29 is 8.42 Å². The van der Waals surface area contributed by atoms with Crippen LogP contribution in [0.15, 0.2) is 16.6 Å². The third-order valence-corrected chi connectivity index (χ3v) is 5.10. The highest BCUT2D eigenvalue weighted by molar-refractivity contribution is 7.90. The highest BCUT2D eigenvalue weighted by atomic mass is 32.2. The number of anilines is 1. The normalized spacial score (nSPS) is 17.3. The zero-order valence-corrected chi connectivity index (χ0v) is 13.7. The van der Waals surface area contributed by atoms with Gasteiger partial charge in [0.15, 0.2) is 11.1 Å². The number of aliphatic imine (C=N–C) groups is 1. The molecule has 1 aliphatic heterocycles. The Hall–Kier alpha value is -1.35. The van der Waals surface area contributed by atoms with Crippen molar-refractivity contribution >= 4 is 32.3 Å². The van der Waals surface area contributed by atoms with E-state index in [4.69, 9.17) is 5.73 Å². The molecule has 2 rings (SSSR count). The lowest BCUT2D eigenvalue weighted by atomic mass is 10.3. The predicted octanol–water partition coefficient (Wildman–Crippen LogP) is 0.0145. The van der Waals surface area contributed by atoms with Crippen LogP contribution in [0.3, 0.4) is 0 Å². The van der Waals surface area contributed by atoms with E-state index in [1.165, 1.54) is 6.26 Å². The monoisotopic (exact) mass is 331 g/mol. The van der Waals surface area contributed by atoms with Gasteiger partial charge in [-0.3, -0.25) is 4.99 Å². The Bertz CT molecular complexity index is 562. The molecule has 1 aliphatic rings. The lowest BCUT2D eigenvalue weighted by Gasteiger charge is -2.35. The SMILES string of the molecule is CS(=O)(=O)CCCN=C(N)N1CCN(c2nccs2)CC1. The van der Waals surface area contributed by atoms with Crippen LogP contribution in [0.1, 0.15) is 6.42 Å². The van der Waals surface area contributed by atoms with Gasteiger partial charge in [0.1, 0.15) is 9.84 Å². The van der Waals surface area contributed by atoms with Crippen LogP contribution in [0.2, 0.25) is 0 Å². The maximum Gasteiger partial charge on any atom is 0.191 e. The highest BCUT2D eigenvalue weighted by Gasteiger charge is 2.19. The summed E-state index contributed by atoms with van der Waals surface area (Å²) in [6.45, 7) is 3.80. The Morgan fingerprint density at radius 2 is 2.14 bits per heavy atom. The maximum atomic E-state index is 11.0. The Morgan fingerprint density at radius 1 is 1.43 bits per heavy atom. The third kappa shape index (κ3) is 5.16. The number of rotatable bonds is 5. The molecule has 118 valence electrons. The molecule has 21 heavy (non-hydrogen) atoms. The minimum Gasteiger partial charge on any atom is -0.370 e. The van der Waals surface area contributed by atoms with Gasteiger partial charge in [-0.15, -0.1) is 11.3 Å². The summed E-state index contributed by atoms with van der Waals surface area (Å²) in [6.07, 6.45) is 3.56. The van der Waals surface area contributed by atoms with Crippen molar-refractivity contribution in [3.05, 3.63) is 11.6 Å². The zero-order chi connectivity index (χ0) is 15.3. The van der Waals surface area contributed by atoms with Crippen molar-refractivity contribution in [2.45, 2.75) is 6.42 Å². The highest BCUT2D eigenvalue weighted by Crippen LogP contribution is 2.18. The molecule has 0 bridgehead atoms. The van der Waals surface area contributed by atoms with E-state index < -0.39 is 9.84 Å². The first-order chi connectivity index (χ1) is 9.96. The number of piperazine rings is 1. The number of sulfone groups is 1. The van der Waals surface area contributed by atoms with Crippen molar-refractivity contribution in [2.75, 3.05) is 49.6 Å². The van der Waals surface area contributed by atoms with Crippen LogP contribution in [0.25, 0.3) is 0 Å². The van der Waals surface area contributed by atoms with Crippen LogP contribution in [0.5, 0.6) is 0 Å². The second-order valence-electron chi connectivity index (χ2n) is 5.01. The summed E-state index contributed by atoms with van der Waals surface area (Å²) in [5.41, 5.74) is 5.96. The van der Waals surface area contributed by atoms with Gasteiger partial charge in [-0.05, 0) is 6.42 Å². The smallest absolute Gasteiger partial charge is 0.191 e. The molecule has 9 heteroatoms. The fraction of sp³-hybridized carbons (Fsp3) is 0.667. The molecular formula is C12H21N5O2S2. The lowest BCUT2D eigenvalue weighted by molar-refractivity contribution is 0.380. The molecular weight excluding hydrogens is 310 g/mol. The first-order valence-corrected chi connectivity index (χ1v) is 9.77. The van der Waals surface area contributed by atoms with E-state index in [1.807, 2.05) is 16.5 Å². The Balaban J connectivity index is 1.76. The number of hydrogen-bond donors (Lipinski definition) is 1. The van der Waals surface area contributed by atoms with Gasteiger partial charge in [0.25, 0.3) is 0 Å².